The molecule has 0 aromatic carbocycles. The fraction of sp³-hybridized carbons (Fsp3) is 1.00. The zero-order valence-corrected chi connectivity index (χ0v) is 10.8. The van der Waals surface area contributed by atoms with Crippen LogP contribution < -0.4 is 0 Å². The van der Waals surface area contributed by atoms with Crippen molar-refractivity contribution in [1.82, 2.24) is 9.80 Å². The second-order valence-electron chi connectivity index (χ2n) is 4.75. The first-order valence-corrected chi connectivity index (χ1v) is 6.43. The van der Waals surface area contributed by atoms with E-state index in [9.17, 15) is 13.2 Å². The summed E-state index contributed by atoms with van der Waals surface area (Å²) in [5.41, 5.74) is 0. The lowest BCUT2D eigenvalue weighted by Crippen LogP contribution is -2.24. The SMILES string of the molecule is CCN1CCC(F)(F)C1.CCN1CCC(F)C1. The van der Waals surface area contributed by atoms with Crippen LogP contribution in [0.5, 0.6) is 0 Å². The zero-order valence-electron chi connectivity index (χ0n) is 10.8. The molecule has 2 saturated heterocycles. The molecule has 1 atom stereocenters. The summed E-state index contributed by atoms with van der Waals surface area (Å²) < 4.78 is 37.0. The summed E-state index contributed by atoms with van der Waals surface area (Å²) in [7, 11) is 0. The van der Waals surface area contributed by atoms with Crippen molar-refractivity contribution in [2.45, 2.75) is 38.8 Å². The fourth-order valence-electron chi connectivity index (χ4n) is 2.15. The Balaban J connectivity index is 0.000000171. The molecule has 2 nitrogen and oxygen atoms in total. The number of alkyl halides is 3. The largest absolute Gasteiger partial charge is 0.301 e. The Morgan fingerprint density at radius 2 is 1.76 bits per heavy atom. The average Bonchev–Trinajstić information content (AvgIpc) is 2.85. The molecule has 0 aliphatic carbocycles. The monoisotopic (exact) mass is 252 g/mol. The Morgan fingerprint density at radius 3 is 2.00 bits per heavy atom. The molecule has 17 heavy (non-hydrogen) atoms. The first-order chi connectivity index (χ1) is 7.96. The van der Waals surface area contributed by atoms with E-state index in [1.807, 2.05) is 6.92 Å². The number of nitrogens with zero attached hydrogens (tertiary/aromatic N) is 2. The summed E-state index contributed by atoms with van der Waals surface area (Å²) in [6.45, 7) is 7.86. The van der Waals surface area contributed by atoms with Gasteiger partial charge in [0, 0.05) is 26.1 Å². The van der Waals surface area contributed by atoms with E-state index in [0.29, 0.717) is 13.1 Å². The van der Waals surface area contributed by atoms with Gasteiger partial charge in [0.25, 0.3) is 5.92 Å². The minimum absolute atomic E-state index is 0.0382. The minimum Gasteiger partial charge on any atom is -0.301 e. The quantitative estimate of drug-likeness (QED) is 0.744. The molecule has 0 amide bonds. The molecule has 0 aromatic rings. The normalized spacial score (nSPS) is 29.1. The standard InChI is InChI=1S/C6H11F2N.C6H12FN/c1-2-9-4-3-6(7,8)5-9;1-2-8-4-3-6(7)5-8/h2-5H2,1H3;6H,2-5H2,1H3. The van der Waals surface area contributed by atoms with Crippen LogP contribution in [0, 0.1) is 0 Å². The Bertz CT molecular complexity index is 224. The highest BCUT2D eigenvalue weighted by Gasteiger charge is 2.37. The molecule has 2 aliphatic heterocycles. The van der Waals surface area contributed by atoms with E-state index >= 15 is 0 Å². The molecule has 2 aliphatic rings. The third-order valence-corrected chi connectivity index (χ3v) is 3.36. The highest BCUT2D eigenvalue weighted by Crippen LogP contribution is 2.25. The first-order valence-electron chi connectivity index (χ1n) is 6.43. The second-order valence-corrected chi connectivity index (χ2v) is 4.75. The van der Waals surface area contributed by atoms with Crippen LogP contribution in [0.2, 0.25) is 0 Å². The summed E-state index contributed by atoms with van der Waals surface area (Å²) in [4.78, 5) is 3.89. The molecule has 2 heterocycles. The van der Waals surface area contributed by atoms with Crippen molar-refractivity contribution in [3.63, 3.8) is 0 Å². The molecule has 2 fully saturated rings. The Kier molecular flexibility index (Phi) is 5.73. The number of hydrogen-bond donors (Lipinski definition) is 0. The van der Waals surface area contributed by atoms with Crippen LogP contribution in [0.3, 0.4) is 0 Å². The Hall–Kier alpha value is -0.290. The highest BCUT2D eigenvalue weighted by molar-refractivity contribution is 4.80. The molecule has 0 spiro atoms. The van der Waals surface area contributed by atoms with Crippen molar-refractivity contribution in [3.05, 3.63) is 0 Å². The molecular formula is C12H23F3N2. The predicted molar refractivity (Wildman–Crippen MR) is 63.3 cm³/mol. The first kappa shape index (κ1) is 14.8. The number of hydrogen-bond acceptors (Lipinski definition) is 2. The van der Waals surface area contributed by atoms with Crippen LogP contribution in [0.4, 0.5) is 13.2 Å². The van der Waals surface area contributed by atoms with Gasteiger partial charge in [-0.1, -0.05) is 13.8 Å². The van der Waals surface area contributed by atoms with E-state index in [1.54, 1.807) is 4.90 Å². The van der Waals surface area contributed by atoms with Crippen LogP contribution in [-0.4, -0.2) is 61.2 Å². The number of halogens is 3. The van der Waals surface area contributed by atoms with Gasteiger partial charge in [0.1, 0.15) is 6.17 Å². The van der Waals surface area contributed by atoms with E-state index < -0.39 is 12.1 Å². The summed E-state index contributed by atoms with van der Waals surface area (Å²) in [5, 5.41) is 0. The zero-order chi connectivity index (χ0) is 12.9. The summed E-state index contributed by atoms with van der Waals surface area (Å²) >= 11 is 0. The van der Waals surface area contributed by atoms with Gasteiger partial charge < -0.3 is 4.90 Å². The molecule has 0 saturated carbocycles. The molecular weight excluding hydrogens is 229 g/mol. The van der Waals surface area contributed by atoms with Gasteiger partial charge in [-0.2, -0.15) is 0 Å². The van der Waals surface area contributed by atoms with E-state index in [0.717, 1.165) is 26.1 Å². The van der Waals surface area contributed by atoms with E-state index in [1.165, 1.54) is 0 Å². The summed E-state index contributed by atoms with van der Waals surface area (Å²) in [6.07, 6.45) is 0.240. The number of likely N-dealkylation sites (tertiary alicyclic amines) is 2. The van der Waals surface area contributed by atoms with Gasteiger partial charge in [-0.05, 0) is 19.5 Å². The molecule has 102 valence electrons. The fourth-order valence-corrected chi connectivity index (χ4v) is 2.15. The summed E-state index contributed by atoms with van der Waals surface area (Å²) in [5.74, 6) is -2.41. The maximum Gasteiger partial charge on any atom is 0.261 e. The lowest BCUT2D eigenvalue weighted by molar-refractivity contribution is 0.0127. The number of rotatable bonds is 2. The lowest BCUT2D eigenvalue weighted by Gasteiger charge is -2.11. The smallest absolute Gasteiger partial charge is 0.261 e. The van der Waals surface area contributed by atoms with Crippen molar-refractivity contribution in [2.75, 3.05) is 39.3 Å². The van der Waals surface area contributed by atoms with Gasteiger partial charge in [0.05, 0.1) is 6.54 Å². The molecule has 1 unspecified atom stereocenters. The Morgan fingerprint density at radius 1 is 1.12 bits per heavy atom. The topological polar surface area (TPSA) is 6.48 Å². The average molecular weight is 252 g/mol. The van der Waals surface area contributed by atoms with Crippen LogP contribution in [0.25, 0.3) is 0 Å². The summed E-state index contributed by atoms with van der Waals surface area (Å²) in [6, 6.07) is 0. The molecule has 0 bridgehead atoms. The minimum atomic E-state index is -2.41. The van der Waals surface area contributed by atoms with Crippen molar-refractivity contribution in [1.29, 1.82) is 0 Å². The third-order valence-electron chi connectivity index (χ3n) is 3.36. The second kappa shape index (κ2) is 6.59. The Labute approximate surface area is 102 Å². The van der Waals surface area contributed by atoms with E-state index in [2.05, 4.69) is 11.8 Å². The maximum absolute atomic E-state index is 12.3. The van der Waals surface area contributed by atoms with Gasteiger partial charge in [-0.3, -0.25) is 4.90 Å². The molecule has 0 aromatic heterocycles. The van der Waals surface area contributed by atoms with Gasteiger partial charge in [-0.25, -0.2) is 13.2 Å². The van der Waals surface area contributed by atoms with Crippen LogP contribution in [0.1, 0.15) is 26.7 Å². The van der Waals surface area contributed by atoms with Crippen molar-refractivity contribution >= 4 is 0 Å². The van der Waals surface area contributed by atoms with Gasteiger partial charge in [0.2, 0.25) is 0 Å². The van der Waals surface area contributed by atoms with Crippen LogP contribution in [0.15, 0.2) is 0 Å². The highest BCUT2D eigenvalue weighted by atomic mass is 19.3. The molecule has 0 N–H and O–H groups in total. The maximum atomic E-state index is 12.3. The predicted octanol–water partition coefficient (Wildman–Crippen LogP) is 2.40. The van der Waals surface area contributed by atoms with Crippen LogP contribution >= 0.6 is 0 Å². The van der Waals surface area contributed by atoms with Gasteiger partial charge >= 0.3 is 0 Å². The van der Waals surface area contributed by atoms with E-state index in [4.69, 9.17) is 0 Å². The van der Waals surface area contributed by atoms with Gasteiger partial charge in [0.15, 0.2) is 0 Å². The lowest BCUT2D eigenvalue weighted by atomic mass is 10.3. The van der Waals surface area contributed by atoms with Crippen molar-refractivity contribution < 1.29 is 13.2 Å². The molecule has 5 heteroatoms. The van der Waals surface area contributed by atoms with Crippen molar-refractivity contribution in [2.24, 2.45) is 0 Å². The third kappa shape index (κ3) is 5.25. The molecule has 2 rings (SSSR count). The molecule has 0 radical (unpaired) electrons. The van der Waals surface area contributed by atoms with Crippen molar-refractivity contribution in [3.8, 4) is 0 Å². The van der Waals surface area contributed by atoms with E-state index in [-0.39, 0.29) is 13.0 Å². The van der Waals surface area contributed by atoms with Gasteiger partial charge in [-0.15, -0.1) is 0 Å². The van der Waals surface area contributed by atoms with Crippen LogP contribution in [-0.2, 0) is 0 Å².